The Morgan fingerprint density at radius 2 is 1.68 bits per heavy atom. The van der Waals surface area contributed by atoms with E-state index in [1.165, 1.54) is 6.92 Å². The van der Waals surface area contributed by atoms with Crippen molar-refractivity contribution in [1.29, 1.82) is 0 Å². The van der Waals surface area contributed by atoms with Crippen LogP contribution in [0.15, 0.2) is 48.5 Å². The van der Waals surface area contributed by atoms with Gasteiger partial charge in [-0.3, -0.25) is 0 Å². The van der Waals surface area contributed by atoms with Crippen LogP contribution in [0.3, 0.4) is 0 Å². The number of halogens is 6. The molecule has 2 fully saturated rings. The minimum atomic E-state index is -4.94. The van der Waals surface area contributed by atoms with Crippen molar-refractivity contribution < 1.29 is 40.6 Å². The van der Waals surface area contributed by atoms with E-state index in [9.17, 15) is 31.1 Å². The molecule has 0 bridgehead atoms. The van der Waals surface area contributed by atoms with Gasteiger partial charge in [-0.15, -0.1) is 0 Å². The van der Waals surface area contributed by atoms with Crippen LogP contribution in [0.25, 0.3) is 0 Å². The second kappa shape index (κ2) is 8.77. The molecule has 2 heterocycles. The van der Waals surface area contributed by atoms with E-state index in [2.05, 4.69) is 10.6 Å². The lowest BCUT2D eigenvalue weighted by Crippen LogP contribution is -2.59. The Labute approximate surface area is 191 Å². The first kappa shape index (κ1) is 24.3. The quantitative estimate of drug-likeness (QED) is 0.571. The first-order valence-corrected chi connectivity index (χ1v) is 10.6. The molecule has 0 spiro atoms. The van der Waals surface area contributed by atoms with Gasteiger partial charge in [-0.05, 0) is 36.2 Å². The number of piperidine rings is 1. The first-order chi connectivity index (χ1) is 15.9. The van der Waals surface area contributed by atoms with Crippen molar-refractivity contribution in [3.8, 4) is 0 Å². The minimum Gasteiger partial charge on any atom is -0.444 e. The van der Waals surface area contributed by atoms with Gasteiger partial charge < -0.3 is 20.1 Å². The van der Waals surface area contributed by atoms with Crippen molar-refractivity contribution in [3.05, 3.63) is 70.8 Å². The van der Waals surface area contributed by atoms with Gasteiger partial charge in [0.2, 0.25) is 0 Å². The van der Waals surface area contributed by atoms with E-state index >= 15 is 0 Å². The number of rotatable bonds is 5. The molecule has 0 aliphatic carbocycles. The molecule has 2 aromatic carbocycles. The van der Waals surface area contributed by atoms with Crippen molar-refractivity contribution in [3.63, 3.8) is 0 Å². The summed E-state index contributed by atoms with van der Waals surface area (Å²) in [5.74, 6) is 0. The summed E-state index contributed by atoms with van der Waals surface area (Å²) in [6, 6.07) is 10.3. The maximum absolute atomic E-state index is 13.2. The van der Waals surface area contributed by atoms with Crippen LogP contribution in [0.2, 0.25) is 0 Å². The van der Waals surface area contributed by atoms with Crippen molar-refractivity contribution in [2.75, 3.05) is 13.2 Å². The Morgan fingerprint density at radius 3 is 2.26 bits per heavy atom. The number of benzene rings is 2. The van der Waals surface area contributed by atoms with Gasteiger partial charge in [-0.2, -0.15) is 26.3 Å². The average molecular weight is 488 g/mol. The van der Waals surface area contributed by atoms with Gasteiger partial charge in [-0.1, -0.05) is 30.3 Å². The molecule has 2 aliphatic rings. The Hall–Kier alpha value is -2.79. The van der Waals surface area contributed by atoms with E-state index in [1.54, 1.807) is 12.1 Å². The van der Waals surface area contributed by atoms with Gasteiger partial charge in [0.25, 0.3) is 0 Å². The standard InChI is InChI=1S/C23H22F6N2O3/c1-13(14-7-16(22(24,25)26)9-17(8-14)23(27,28)29)33-12-21(15-5-3-2-4-6-15)10-19-18(11-30-21)31-20(32)34-19/h2-9,13,18-19,30H,10-12H2,1H3,(H,31,32)/t13-,18+,19+,21-/m1/s1. The van der Waals surface area contributed by atoms with Crippen LogP contribution < -0.4 is 10.6 Å². The Bertz CT molecular complexity index is 1010. The fraction of sp³-hybridized carbons (Fsp3) is 0.435. The van der Waals surface area contributed by atoms with Crippen LogP contribution in [0.5, 0.6) is 0 Å². The Balaban J connectivity index is 1.61. The largest absolute Gasteiger partial charge is 0.444 e. The van der Waals surface area contributed by atoms with Gasteiger partial charge in [0.1, 0.15) is 6.10 Å². The third-order valence-electron chi connectivity index (χ3n) is 6.21. The number of hydrogen-bond acceptors (Lipinski definition) is 4. The molecule has 2 N–H and O–H groups in total. The summed E-state index contributed by atoms with van der Waals surface area (Å²) in [4.78, 5) is 11.7. The van der Waals surface area contributed by atoms with Crippen LogP contribution in [-0.4, -0.2) is 31.4 Å². The monoisotopic (exact) mass is 488 g/mol. The third kappa shape index (κ3) is 5.00. The molecule has 34 heavy (non-hydrogen) atoms. The summed E-state index contributed by atoms with van der Waals surface area (Å²) in [5.41, 5.74) is -3.10. The lowest BCUT2D eigenvalue weighted by Gasteiger charge is -2.42. The molecular formula is C23H22F6N2O3. The number of amides is 1. The molecule has 0 unspecified atom stereocenters. The summed E-state index contributed by atoms with van der Waals surface area (Å²) < 4.78 is 90.7. The SMILES string of the molecule is C[C@@H](OC[C@@]1(c2ccccc2)C[C@@H]2OC(=O)N[C@H]2CN1)c1cc(C(F)(F)F)cc(C(F)(F)F)c1. The highest BCUT2D eigenvalue weighted by Gasteiger charge is 2.47. The summed E-state index contributed by atoms with van der Waals surface area (Å²) >= 11 is 0. The van der Waals surface area contributed by atoms with Crippen molar-refractivity contribution in [1.82, 2.24) is 10.6 Å². The molecule has 0 radical (unpaired) electrons. The highest BCUT2D eigenvalue weighted by Crippen LogP contribution is 2.39. The van der Waals surface area contributed by atoms with Crippen LogP contribution >= 0.6 is 0 Å². The molecular weight excluding hydrogens is 466 g/mol. The molecule has 2 aromatic rings. The highest BCUT2D eigenvalue weighted by molar-refractivity contribution is 5.70. The molecule has 11 heteroatoms. The maximum atomic E-state index is 13.2. The van der Waals surface area contributed by atoms with E-state index in [-0.39, 0.29) is 24.3 Å². The fourth-order valence-corrected chi connectivity index (χ4v) is 4.33. The molecule has 1 amide bonds. The summed E-state index contributed by atoms with van der Waals surface area (Å²) in [5, 5.41) is 6.04. The number of alkyl halides is 6. The second-order valence-corrected chi connectivity index (χ2v) is 8.52. The van der Waals surface area contributed by atoms with Gasteiger partial charge >= 0.3 is 18.4 Å². The number of ether oxygens (including phenoxy) is 2. The number of nitrogens with one attached hydrogen (secondary N) is 2. The normalized spacial score (nSPS) is 25.9. The van der Waals surface area contributed by atoms with E-state index < -0.39 is 47.3 Å². The lowest BCUT2D eigenvalue weighted by atomic mass is 9.80. The van der Waals surface area contributed by atoms with Gasteiger partial charge in [0.05, 0.1) is 35.4 Å². The van der Waals surface area contributed by atoms with Gasteiger partial charge in [-0.25, -0.2) is 4.79 Å². The Kier molecular flexibility index (Phi) is 6.28. The van der Waals surface area contributed by atoms with Crippen LogP contribution in [0.1, 0.15) is 41.7 Å². The van der Waals surface area contributed by atoms with Crippen LogP contribution in [0, 0.1) is 0 Å². The fourth-order valence-electron chi connectivity index (χ4n) is 4.33. The van der Waals surface area contributed by atoms with Crippen molar-refractivity contribution >= 4 is 6.09 Å². The molecule has 2 saturated heterocycles. The number of fused-ring (bicyclic) bond motifs is 1. The van der Waals surface area contributed by atoms with Crippen LogP contribution in [-0.2, 0) is 27.4 Å². The molecule has 2 aliphatic heterocycles. The summed E-state index contributed by atoms with van der Waals surface area (Å²) in [6.07, 6.45) is -11.7. The molecule has 0 saturated carbocycles. The first-order valence-electron chi connectivity index (χ1n) is 10.6. The Morgan fingerprint density at radius 1 is 1.06 bits per heavy atom. The average Bonchev–Trinajstić information content (AvgIpc) is 3.15. The predicted octanol–water partition coefficient (Wildman–Crippen LogP) is 5.17. The number of alkyl carbamates (subject to hydrolysis) is 1. The zero-order valence-corrected chi connectivity index (χ0v) is 18.0. The molecule has 5 nitrogen and oxygen atoms in total. The number of hydrogen-bond donors (Lipinski definition) is 2. The highest BCUT2D eigenvalue weighted by atomic mass is 19.4. The third-order valence-corrected chi connectivity index (χ3v) is 6.21. The zero-order chi connectivity index (χ0) is 24.7. The van der Waals surface area contributed by atoms with E-state index in [0.29, 0.717) is 25.1 Å². The predicted molar refractivity (Wildman–Crippen MR) is 109 cm³/mol. The molecule has 4 rings (SSSR count). The van der Waals surface area contributed by atoms with E-state index in [0.717, 1.165) is 5.56 Å². The van der Waals surface area contributed by atoms with Crippen molar-refractivity contribution in [2.45, 2.75) is 49.5 Å². The molecule has 0 aromatic heterocycles. The summed E-state index contributed by atoms with van der Waals surface area (Å²) in [6.45, 7) is 1.68. The van der Waals surface area contributed by atoms with E-state index in [4.69, 9.17) is 9.47 Å². The zero-order valence-electron chi connectivity index (χ0n) is 18.0. The van der Waals surface area contributed by atoms with Crippen molar-refractivity contribution in [2.24, 2.45) is 0 Å². The van der Waals surface area contributed by atoms with E-state index in [1.807, 2.05) is 18.2 Å². The molecule has 184 valence electrons. The topological polar surface area (TPSA) is 59.6 Å². The minimum absolute atomic E-state index is 0.0729. The smallest absolute Gasteiger partial charge is 0.416 e. The second-order valence-electron chi connectivity index (χ2n) is 8.52. The number of carbonyl (C=O) groups is 1. The summed E-state index contributed by atoms with van der Waals surface area (Å²) in [7, 11) is 0. The maximum Gasteiger partial charge on any atom is 0.416 e. The van der Waals surface area contributed by atoms with Gasteiger partial charge in [0, 0.05) is 13.0 Å². The lowest BCUT2D eigenvalue weighted by molar-refractivity contribution is -0.143. The number of carbonyl (C=O) groups excluding carboxylic acids is 1. The van der Waals surface area contributed by atoms with Crippen LogP contribution in [0.4, 0.5) is 31.1 Å². The molecule has 4 atom stereocenters. The van der Waals surface area contributed by atoms with Gasteiger partial charge in [0.15, 0.2) is 0 Å².